The summed E-state index contributed by atoms with van der Waals surface area (Å²) in [4.78, 5) is 12.6. The van der Waals surface area contributed by atoms with E-state index in [0.717, 1.165) is 32.3 Å². The molecule has 0 saturated carbocycles. The molecular weight excluding hydrogens is 275 g/mol. The van der Waals surface area contributed by atoms with Crippen LogP contribution < -0.4 is 0 Å². The fraction of sp³-hybridized carbons (Fsp3) is 0.923. The molecule has 0 spiro atoms. The first kappa shape index (κ1) is 15.6. The Morgan fingerprint density at radius 1 is 1.45 bits per heavy atom. The minimum absolute atomic E-state index is 0.192. The number of nitrogens with zero attached hydrogens (tertiary/aromatic N) is 1. The number of halogens is 3. The Hall–Kier alpha value is -0.820. The summed E-state index contributed by atoms with van der Waals surface area (Å²) >= 11 is 0. The Balaban J connectivity index is 1.82. The van der Waals surface area contributed by atoms with Crippen molar-refractivity contribution in [1.82, 2.24) is 4.90 Å². The first-order chi connectivity index (χ1) is 9.35. The second kappa shape index (κ2) is 5.89. The normalized spacial score (nSPS) is 31.9. The molecule has 1 N–H and O–H groups in total. The van der Waals surface area contributed by atoms with Gasteiger partial charge in [0.15, 0.2) is 5.41 Å². The van der Waals surface area contributed by atoms with Gasteiger partial charge in [-0.25, -0.2) is 0 Å². The molecule has 2 aliphatic rings. The maximum Gasteiger partial charge on any atom is 0.406 e. The van der Waals surface area contributed by atoms with Gasteiger partial charge in [0.1, 0.15) is 0 Å². The molecule has 2 fully saturated rings. The number of likely N-dealkylation sites (tertiary alicyclic amines) is 1. The van der Waals surface area contributed by atoms with Crippen LogP contribution in [0.4, 0.5) is 13.2 Å². The zero-order chi connectivity index (χ0) is 14.8. The van der Waals surface area contributed by atoms with Crippen LogP contribution >= 0.6 is 0 Å². The summed E-state index contributed by atoms with van der Waals surface area (Å²) in [6, 6.07) is 0. The van der Waals surface area contributed by atoms with Crippen molar-refractivity contribution in [3.8, 4) is 0 Å². The predicted octanol–water partition coefficient (Wildman–Crippen LogP) is 2.28. The molecule has 20 heavy (non-hydrogen) atoms. The third-order valence-electron chi connectivity index (χ3n) is 4.32. The van der Waals surface area contributed by atoms with E-state index in [-0.39, 0.29) is 19.1 Å². The van der Waals surface area contributed by atoms with Crippen molar-refractivity contribution in [3.05, 3.63) is 0 Å². The lowest BCUT2D eigenvalue weighted by Crippen LogP contribution is -2.47. The van der Waals surface area contributed by atoms with Crippen molar-refractivity contribution >= 4 is 5.97 Å². The number of aliphatic carboxylic acids is 1. The predicted molar refractivity (Wildman–Crippen MR) is 65.4 cm³/mol. The minimum atomic E-state index is -4.69. The number of ether oxygens (including phenoxy) is 1. The van der Waals surface area contributed by atoms with Crippen molar-refractivity contribution in [2.75, 3.05) is 26.2 Å². The topological polar surface area (TPSA) is 49.8 Å². The fourth-order valence-electron chi connectivity index (χ4n) is 3.02. The third kappa shape index (κ3) is 3.09. The van der Waals surface area contributed by atoms with E-state index in [1.165, 1.54) is 0 Å². The number of carboxylic acid groups (broad SMARTS) is 1. The summed E-state index contributed by atoms with van der Waals surface area (Å²) < 4.78 is 44.4. The molecule has 0 aromatic rings. The van der Waals surface area contributed by atoms with Gasteiger partial charge in [0.2, 0.25) is 0 Å². The van der Waals surface area contributed by atoms with Gasteiger partial charge in [0.05, 0.1) is 6.10 Å². The average Bonchev–Trinajstić information content (AvgIpc) is 2.97. The smallest absolute Gasteiger partial charge is 0.406 e. The Labute approximate surface area is 115 Å². The zero-order valence-electron chi connectivity index (χ0n) is 11.3. The molecule has 0 aliphatic carbocycles. The van der Waals surface area contributed by atoms with Gasteiger partial charge in [-0.15, -0.1) is 0 Å². The van der Waals surface area contributed by atoms with Gasteiger partial charge in [-0.2, -0.15) is 13.2 Å². The lowest BCUT2D eigenvalue weighted by Gasteiger charge is -2.27. The highest BCUT2D eigenvalue weighted by molar-refractivity contribution is 5.76. The molecule has 2 rings (SSSR count). The van der Waals surface area contributed by atoms with Crippen molar-refractivity contribution in [1.29, 1.82) is 0 Å². The molecule has 0 aromatic heterocycles. The van der Waals surface area contributed by atoms with Crippen LogP contribution in [0.2, 0.25) is 0 Å². The highest BCUT2D eigenvalue weighted by Gasteiger charge is 2.63. The molecule has 0 amide bonds. The molecule has 2 heterocycles. The first-order valence-corrected chi connectivity index (χ1v) is 6.99. The lowest BCUT2D eigenvalue weighted by molar-refractivity contribution is -0.227. The van der Waals surface area contributed by atoms with Gasteiger partial charge < -0.3 is 14.7 Å². The molecule has 2 atom stereocenters. The largest absolute Gasteiger partial charge is 0.481 e. The maximum absolute atomic E-state index is 13.0. The second-order valence-corrected chi connectivity index (χ2v) is 5.69. The molecular formula is C13H20F3NO3. The van der Waals surface area contributed by atoms with Crippen LogP contribution in [0.25, 0.3) is 0 Å². The molecule has 2 unspecified atom stereocenters. The van der Waals surface area contributed by atoms with Gasteiger partial charge in [-0.1, -0.05) is 0 Å². The summed E-state index contributed by atoms with van der Waals surface area (Å²) in [5.41, 5.74) is -2.59. The summed E-state index contributed by atoms with van der Waals surface area (Å²) in [6.45, 7) is 1.03. The van der Waals surface area contributed by atoms with E-state index in [1.807, 2.05) is 0 Å². The Bertz CT molecular complexity index is 355. The van der Waals surface area contributed by atoms with Crippen LogP contribution in [-0.4, -0.2) is 54.5 Å². The van der Waals surface area contributed by atoms with Crippen LogP contribution in [-0.2, 0) is 9.53 Å². The average molecular weight is 295 g/mol. The lowest BCUT2D eigenvalue weighted by atomic mass is 9.86. The van der Waals surface area contributed by atoms with Crippen LogP contribution in [0, 0.1) is 5.41 Å². The molecule has 4 nitrogen and oxygen atoms in total. The maximum atomic E-state index is 13.0. The summed E-state index contributed by atoms with van der Waals surface area (Å²) in [5, 5.41) is 8.95. The van der Waals surface area contributed by atoms with Gasteiger partial charge in [0.25, 0.3) is 0 Å². The van der Waals surface area contributed by atoms with E-state index in [9.17, 15) is 18.0 Å². The molecule has 0 aromatic carbocycles. The Morgan fingerprint density at radius 3 is 2.70 bits per heavy atom. The van der Waals surface area contributed by atoms with Crippen molar-refractivity contribution in [3.63, 3.8) is 0 Å². The van der Waals surface area contributed by atoms with Gasteiger partial charge in [0, 0.05) is 13.2 Å². The van der Waals surface area contributed by atoms with Crippen molar-refractivity contribution < 1.29 is 27.8 Å². The van der Waals surface area contributed by atoms with Gasteiger partial charge in [-0.3, -0.25) is 4.79 Å². The molecule has 0 bridgehead atoms. The molecule has 116 valence electrons. The van der Waals surface area contributed by atoms with Gasteiger partial charge >= 0.3 is 12.1 Å². The Kier molecular flexibility index (Phi) is 4.59. The number of carboxylic acids is 1. The van der Waals surface area contributed by atoms with E-state index < -0.39 is 24.1 Å². The summed E-state index contributed by atoms with van der Waals surface area (Å²) in [5.74, 6) is -1.76. The second-order valence-electron chi connectivity index (χ2n) is 5.69. The van der Waals surface area contributed by atoms with E-state index in [2.05, 4.69) is 0 Å². The molecule has 2 saturated heterocycles. The molecule has 2 aliphatic heterocycles. The third-order valence-corrected chi connectivity index (χ3v) is 4.32. The van der Waals surface area contributed by atoms with Gasteiger partial charge in [-0.05, 0) is 45.2 Å². The first-order valence-electron chi connectivity index (χ1n) is 6.99. The summed E-state index contributed by atoms with van der Waals surface area (Å²) in [7, 11) is 0. The van der Waals surface area contributed by atoms with E-state index in [0.29, 0.717) is 6.54 Å². The summed E-state index contributed by atoms with van der Waals surface area (Å²) in [6.07, 6.45) is -1.18. The minimum Gasteiger partial charge on any atom is -0.481 e. The fourth-order valence-corrected chi connectivity index (χ4v) is 3.02. The zero-order valence-corrected chi connectivity index (χ0v) is 11.3. The highest BCUT2D eigenvalue weighted by atomic mass is 19.4. The van der Waals surface area contributed by atoms with Crippen LogP contribution in [0.15, 0.2) is 0 Å². The van der Waals surface area contributed by atoms with Crippen LogP contribution in [0.5, 0.6) is 0 Å². The molecule has 0 radical (unpaired) electrons. The van der Waals surface area contributed by atoms with E-state index >= 15 is 0 Å². The van der Waals surface area contributed by atoms with E-state index in [1.54, 1.807) is 4.90 Å². The number of carbonyl (C=O) groups is 1. The Morgan fingerprint density at radius 2 is 2.20 bits per heavy atom. The number of hydrogen-bond donors (Lipinski definition) is 1. The quantitative estimate of drug-likeness (QED) is 0.845. The van der Waals surface area contributed by atoms with Crippen molar-refractivity contribution in [2.24, 2.45) is 5.41 Å². The number of hydrogen-bond acceptors (Lipinski definition) is 3. The SMILES string of the molecule is O=C(O)C1(C(F)(F)F)CCN(CCCC2CCCO2)C1. The molecule has 7 heteroatoms. The van der Waals surface area contributed by atoms with Crippen molar-refractivity contribution in [2.45, 2.75) is 44.4 Å². The highest BCUT2D eigenvalue weighted by Crippen LogP contribution is 2.45. The van der Waals surface area contributed by atoms with Crippen LogP contribution in [0.1, 0.15) is 32.1 Å². The monoisotopic (exact) mass is 295 g/mol. The van der Waals surface area contributed by atoms with E-state index in [4.69, 9.17) is 9.84 Å². The number of alkyl halides is 3. The standard InChI is InChI=1S/C13H20F3NO3/c14-13(15,16)12(11(18)19)5-7-17(9-12)6-1-3-10-4-2-8-20-10/h10H,1-9H2,(H,18,19). The number of rotatable bonds is 5. The van der Waals surface area contributed by atoms with Crippen LogP contribution in [0.3, 0.4) is 0 Å².